The van der Waals surface area contributed by atoms with Crippen molar-refractivity contribution in [3.63, 3.8) is 0 Å². The first-order valence-corrected chi connectivity index (χ1v) is 10.7. The van der Waals surface area contributed by atoms with E-state index >= 15 is 0 Å². The fourth-order valence-corrected chi connectivity index (χ4v) is 4.00. The molecule has 1 aromatic carbocycles. The van der Waals surface area contributed by atoms with Crippen LogP contribution in [0.25, 0.3) is 0 Å². The number of ether oxygens (including phenoxy) is 2. The lowest BCUT2D eigenvalue weighted by Gasteiger charge is -2.39. The van der Waals surface area contributed by atoms with E-state index in [1.54, 1.807) is 4.90 Å². The number of amides is 2. The van der Waals surface area contributed by atoms with Crippen LogP contribution in [0.15, 0.2) is 36.4 Å². The summed E-state index contributed by atoms with van der Waals surface area (Å²) in [7, 11) is 3.40. The summed E-state index contributed by atoms with van der Waals surface area (Å²) in [4.78, 5) is 21.4. The van der Waals surface area contributed by atoms with E-state index in [4.69, 9.17) is 4.74 Å². The Hall–Kier alpha value is -2.94. The van der Waals surface area contributed by atoms with Gasteiger partial charge in [0.1, 0.15) is 5.69 Å². The van der Waals surface area contributed by atoms with Gasteiger partial charge < -0.3 is 19.7 Å². The zero-order valence-electron chi connectivity index (χ0n) is 18.8. The molecule has 1 aliphatic heterocycles. The minimum Gasteiger partial charge on any atom is -0.481 e. The number of nitrogens with zero attached hydrogens (tertiary/aromatic N) is 3. The number of para-hydroxylation sites is 1. The van der Waals surface area contributed by atoms with Crippen LogP contribution in [0.5, 0.6) is 11.8 Å². The molecule has 0 bridgehead atoms. The first kappa shape index (κ1) is 23.7. The molecule has 1 aromatic heterocycles. The number of alkyl halides is 2. The molecular weight excluding hydrogens is 418 g/mol. The maximum absolute atomic E-state index is 13.6. The van der Waals surface area contributed by atoms with Crippen molar-refractivity contribution in [3.8, 4) is 11.8 Å². The molecule has 1 aliphatic rings. The highest BCUT2D eigenvalue weighted by atomic mass is 19.3. The van der Waals surface area contributed by atoms with Crippen LogP contribution in [0.4, 0.5) is 25.0 Å². The minimum atomic E-state index is -3.09. The number of pyridine rings is 1. The third kappa shape index (κ3) is 5.64. The van der Waals surface area contributed by atoms with Crippen molar-refractivity contribution in [1.82, 2.24) is 9.88 Å². The molecule has 1 fully saturated rings. The SMILES string of the molecule is COc1ccc(NC(=O)N(c2ccccc2C(C)C)C2CCCN(C)C2)c(OC(F)F)n1. The highest BCUT2D eigenvalue weighted by Gasteiger charge is 2.31. The highest BCUT2D eigenvalue weighted by molar-refractivity contribution is 6.03. The van der Waals surface area contributed by atoms with Crippen LogP contribution in [-0.2, 0) is 0 Å². The van der Waals surface area contributed by atoms with Gasteiger partial charge in [-0.25, -0.2) is 4.79 Å². The van der Waals surface area contributed by atoms with Crippen LogP contribution >= 0.6 is 0 Å². The third-order valence-electron chi connectivity index (χ3n) is 5.49. The predicted octanol–water partition coefficient (Wildman–Crippen LogP) is 4.95. The molecule has 174 valence electrons. The zero-order chi connectivity index (χ0) is 23.3. The maximum atomic E-state index is 13.6. The van der Waals surface area contributed by atoms with Gasteiger partial charge in [-0.15, -0.1) is 0 Å². The number of halogens is 2. The quantitative estimate of drug-likeness (QED) is 0.649. The smallest absolute Gasteiger partial charge is 0.388 e. The minimum absolute atomic E-state index is 0.0484. The Labute approximate surface area is 187 Å². The van der Waals surface area contributed by atoms with Gasteiger partial charge in [-0.1, -0.05) is 32.0 Å². The van der Waals surface area contributed by atoms with Crippen LogP contribution in [0.1, 0.15) is 38.2 Å². The number of likely N-dealkylation sites (tertiary alicyclic amines) is 1. The summed E-state index contributed by atoms with van der Waals surface area (Å²) in [6, 6.07) is 10.2. The Bertz CT molecular complexity index is 926. The number of rotatable bonds is 7. The summed E-state index contributed by atoms with van der Waals surface area (Å²) in [6.07, 6.45) is 1.80. The Morgan fingerprint density at radius 3 is 2.66 bits per heavy atom. The topological polar surface area (TPSA) is 66.9 Å². The van der Waals surface area contributed by atoms with Crippen molar-refractivity contribution in [2.24, 2.45) is 0 Å². The molecule has 1 atom stereocenters. The number of anilines is 2. The average Bonchev–Trinajstić information content (AvgIpc) is 2.75. The first-order valence-electron chi connectivity index (χ1n) is 10.7. The first-order chi connectivity index (χ1) is 15.3. The van der Waals surface area contributed by atoms with Crippen molar-refractivity contribution < 1.29 is 23.0 Å². The molecular formula is C23H30F2N4O3. The van der Waals surface area contributed by atoms with E-state index < -0.39 is 18.5 Å². The number of benzene rings is 1. The largest absolute Gasteiger partial charge is 0.481 e. The second-order valence-corrected chi connectivity index (χ2v) is 8.16. The molecule has 3 rings (SSSR count). The van der Waals surface area contributed by atoms with Gasteiger partial charge in [0.25, 0.3) is 0 Å². The van der Waals surface area contributed by atoms with E-state index in [1.165, 1.54) is 19.2 Å². The van der Waals surface area contributed by atoms with Crippen LogP contribution in [0.3, 0.4) is 0 Å². The van der Waals surface area contributed by atoms with Crippen LogP contribution in [0, 0.1) is 0 Å². The Kier molecular flexibility index (Phi) is 7.84. The molecule has 0 spiro atoms. The number of methoxy groups -OCH3 is 1. The third-order valence-corrected chi connectivity index (χ3v) is 5.49. The van der Waals surface area contributed by atoms with Gasteiger partial charge in [0.15, 0.2) is 0 Å². The van der Waals surface area contributed by atoms with Gasteiger partial charge in [-0.3, -0.25) is 4.90 Å². The number of carbonyl (C=O) groups is 1. The molecule has 1 N–H and O–H groups in total. The van der Waals surface area contributed by atoms with E-state index in [0.29, 0.717) is 6.54 Å². The van der Waals surface area contributed by atoms with Crippen molar-refractivity contribution in [3.05, 3.63) is 42.0 Å². The van der Waals surface area contributed by atoms with E-state index in [0.717, 1.165) is 30.6 Å². The fourth-order valence-electron chi connectivity index (χ4n) is 4.00. The molecule has 0 saturated carbocycles. The summed E-state index contributed by atoms with van der Waals surface area (Å²) in [5.74, 6) is -0.0941. The highest BCUT2D eigenvalue weighted by Crippen LogP contribution is 2.33. The summed E-state index contributed by atoms with van der Waals surface area (Å²) in [5, 5.41) is 2.74. The van der Waals surface area contributed by atoms with Crippen LogP contribution in [-0.4, -0.2) is 55.8 Å². The van der Waals surface area contributed by atoms with Gasteiger partial charge in [-0.05, 0) is 50.0 Å². The Balaban J connectivity index is 1.98. The Morgan fingerprint density at radius 1 is 1.25 bits per heavy atom. The van der Waals surface area contributed by atoms with Crippen molar-refractivity contribution in [1.29, 1.82) is 0 Å². The lowest BCUT2D eigenvalue weighted by Crippen LogP contribution is -2.51. The summed E-state index contributed by atoms with van der Waals surface area (Å²) in [5.41, 5.74) is 1.89. The summed E-state index contributed by atoms with van der Waals surface area (Å²) >= 11 is 0. The maximum Gasteiger partial charge on any atom is 0.388 e. The molecule has 2 heterocycles. The second-order valence-electron chi connectivity index (χ2n) is 8.16. The number of nitrogens with one attached hydrogen (secondary N) is 1. The normalized spacial score (nSPS) is 16.8. The van der Waals surface area contributed by atoms with Gasteiger partial charge in [0.2, 0.25) is 11.8 Å². The second kappa shape index (κ2) is 10.6. The number of carbonyl (C=O) groups excluding carboxylic acids is 1. The summed E-state index contributed by atoms with van der Waals surface area (Å²) < 4.78 is 35.4. The fraction of sp³-hybridized carbons (Fsp3) is 0.478. The van der Waals surface area contributed by atoms with E-state index in [9.17, 15) is 13.6 Å². The van der Waals surface area contributed by atoms with Gasteiger partial charge in [-0.2, -0.15) is 13.8 Å². The van der Waals surface area contributed by atoms with Gasteiger partial charge in [0.05, 0.1) is 13.2 Å². The number of hydrogen-bond acceptors (Lipinski definition) is 5. The van der Waals surface area contributed by atoms with Crippen molar-refractivity contribution in [2.45, 2.75) is 45.3 Å². The molecule has 32 heavy (non-hydrogen) atoms. The van der Waals surface area contributed by atoms with E-state index in [1.807, 2.05) is 31.3 Å². The number of urea groups is 1. The molecule has 9 heteroatoms. The van der Waals surface area contributed by atoms with Crippen molar-refractivity contribution >= 4 is 17.4 Å². The Morgan fingerprint density at radius 2 is 2.00 bits per heavy atom. The number of hydrogen-bond donors (Lipinski definition) is 1. The summed E-state index contributed by atoms with van der Waals surface area (Å²) in [6.45, 7) is 2.73. The van der Waals surface area contributed by atoms with Gasteiger partial charge in [0, 0.05) is 18.3 Å². The number of likely N-dealkylation sites (N-methyl/N-ethyl adjacent to an activating group) is 1. The molecule has 1 saturated heterocycles. The van der Waals surface area contributed by atoms with Crippen LogP contribution < -0.4 is 19.7 Å². The van der Waals surface area contributed by atoms with E-state index in [-0.39, 0.29) is 23.5 Å². The predicted molar refractivity (Wildman–Crippen MR) is 120 cm³/mol. The lowest BCUT2D eigenvalue weighted by molar-refractivity contribution is -0.0525. The standard InChI is InChI=1S/C23H30F2N4O3/c1-15(2)17-9-5-6-10-19(17)29(16-8-7-13-28(3)14-16)23(30)26-18-11-12-20(31-4)27-21(18)32-22(24)25/h5-6,9-12,15-16,22H,7-8,13-14H2,1-4H3,(H,26,30). The molecule has 2 amide bonds. The zero-order valence-corrected chi connectivity index (χ0v) is 18.8. The van der Waals surface area contributed by atoms with E-state index in [2.05, 4.69) is 33.8 Å². The average molecular weight is 449 g/mol. The van der Waals surface area contributed by atoms with Crippen molar-refractivity contribution in [2.75, 3.05) is 37.5 Å². The number of piperidine rings is 1. The molecule has 1 unspecified atom stereocenters. The molecule has 0 aliphatic carbocycles. The number of aromatic nitrogens is 1. The molecule has 7 nitrogen and oxygen atoms in total. The lowest BCUT2D eigenvalue weighted by atomic mass is 9.97. The molecule has 2 aromatic rings. The molecule has 0 radical (unpaired) electrons. The van der Waals surface area contributed by atoms with Crippen LogP contribution in [0.2, 0.25) is 0 Å². The van der Waals surface area contributed by atoms with Gasteiger partial charge >= 0.3 is 12.6 Å². The monoisotopic (exact) mass is 448 g/mol.